The first-order valence-electron chi connectivity index (χ1n) is 12.3. The molecule has 0 aliphatic heterocycles. The third-order valence-corrected chi connectivity index (χ3v) is 11.9. The van der Waals surface area contributed by atoms with Gasteiger partial charge in [-0.05, 0) is 24.3 Å². The number of ether oxygens (including phenoxy) is 1. The van der Waals surface area contributed by atoms with Crippen LogP contribution in [0.4, 0.5) is 61.5 Å². The minimum atomic E-state index is -5.15. The smallest absolute Gasteiger partial charge is 0.425 e. The second kappa shape index (κ2) is 13.9. The number of hydrogen-bond donors (Lipinski definition) is 0. The molecule has 2 aromatic carbocycles. The van der Waals surface area contributed by atoms with Crippen molar-refractivity contribution in [3.8, 4) is 32.4 Å². The van der Waals surface area contributed by atoms with Gasteiger partial charge in [0.25, 0.3) is 0 Å². The third kappa shape index (κ3) is 9.07. The van der Waals surface area contributed by atoms with E-state index in [0.29, 0.717) is 24.3 Å². The van der Waals surface area contributed by atoms with E-state index < -0.39 is 131 Å². The lowest BCUT2D eigenvalue weighted by Gasteiger charge is -2.18. The molecule has 4 rings (SSSR count). The fourth-order valence-electron chi connectivity index (χ4n) is 3.91. The standard InChI is InChI=1S/C26H10Cl2F14O3S4/c27-19-13(48(43)7-23(31,32)33)5-9(21(29)17(19)11-1-3-15(46-11)25(37,38)39)45-10-6-14(49(44)8-24(34,35)36)20(28)18(22(10)30)12-2-4-16(47-12)26(40,41)42/h1-6H,7-8H2. The first kappa shape index (κ1) is 39.3. The van der Waals surface area contributed by atoms with Crippen LogP contribution < -0.4 is 4.74 Å². The molecule has 0 spiro atoms. The Kier molecular flexibility index (Phi) is 11.2. The van der Waals surface area contributed by atoms with Gasteiger partial charge in [-0.3, -0.25) is 8.42 Å². The van der Waals surface area contributed by atoms with Crippen molar-refractivity contribution >= 4 is 67.5 Å². The maximum atomic E-state index is 16.0. The van der Waals surface area contributed by atoms with E-state index in [1.54, 1.807) is 0 Å². The van der Waals surface area contributed by atoms with Gasteiger partial charge in [-0.2, -0.15) is 52.7 Å². The summed E-state index contributed by atoms with van der Waals surface area (Å²) in [6.45, 7) is 0. The number of rotatable bonds is 8. The summed E-state index contributed by atoms with van der Waals surface area (Å²) in [5.74, 6) is -10.6. The minimum Gasteiger partial charge on any atom is -0.451 e. The van der Waals surface area contributed by atoms with Crippen molar-refractivity contribution in [2.45, 2.75) is 34.5 Å². The largest absolute Gasteiger partial charge is 0.451 e. The van der Waals surface area contributed by atoms with Crippen LogP contribution in [-0.4, -0.2) is 32.3 Å². The predicted octanol–water partition coefficient (Wildman–Crippen LogP) is 11.9. The molecule has 2 heterocycles. The summed E-state index contributed by atoms with van der Waals surface area (Å²) in [4.78, 5) is -6.27. The zero-order valence-electron chi connectivity index (χ0n) is 22.8. The summed E-state index contributed by atoms with van der Waals surface area (Å²) >= 11 is 11.7. The highest BCUT2D eigenvalue weighted by Gasteiger charge is 2.38. The molecule has 0 radical (unpaired) electrons. The molecule has 2 atom stereocenters. The summed E-state index contributed by atoms with van der Waals surface area (Å²) in [7, 11) is -6.44. The maximum absolute atomic E-state index is 16.0. The van der Waals surface area contributed by atoms with Crippen molar-refractivity contribution in [3.63, 3.8) is 0 Å². The van der Waals surface area contributed by atoms with Crippen LogP contribution in [0.3, 0.4) is 0 Å². The molecule has 268 valence electrons. The first-order chi connectivity index (χ1) is 22.3. The molecular formula is C26H10Cl2F14O3S4. The van der Waals surface area contributed by atoms with Crippen LogP contribution in [0.1, 0.15) is 9.75 Å². The predicted molar refractivity (Wildman–Crippen MR) is 154 cm³/mol. The number of alkyl halides is 12. The van der Waals surface area contributed by atoms with Crippen molar-refractivity contribution < 1.29 is 74.6 Å². The molecule has 3 nitrogen and oxygen atoms in total. The molecule has 0 amide bonds. The van der Waals surface area contributed by atoms with Crippen molar-refractivity contribution in [1.29, 1.82) is 0 Å². The third-order valence-electron chi connectivity index (χ3n) is 5.83. The first-order valence-corrected chi connectivity index (χ1v) is 17.3. The van der Waals surface area contributed by atoms with E-state index in [-0.39, 0.29) is 34.8 Å². The van der Waals surface area contributed by atoms with Crippen LogP contribution in [0.2, 0.25) is 10.0 Å². The quantitative estimate of drug-likeness (QED) is 0.166. The molecule has 0 aliphatic carbocycles. The van der Waals surface area contributed by atoms with Crippen LogP contribution in [0, 0.1) is 11.6 Å². The summed E-state index contributed by atoms with van der Waals surface area (Å²) in [5.41, 5.74) is -2.21. The highest BCUT2D eigenvalue weighted by Crippen LogP contribution is 2.49. The average molecular weight is 836 g/mol. The van der Waals surface area contributed by atoms with Gasteiger partial charge in [-0.15, -0.1) is 22.7 Å². The highest BCUT2D eigenvalue weighted by atomic mass is 35.5. The van der Waals surface area contributed by atoms with E-state index in [4.69, 9.17) is 27.9 Å². The normalized spacial score (nSPS) is 14.3. The number of hydrogen-bond acceptors (Lipinski definition) is 5. The Morgan fingerprint density at radius 2 is 0.918 bits per heavy atom. The second-order valence-corrected chi connectivity index (χ2v) is 15.1. The van der Waals surface area contributed by atoms with Gasteiger partial charge in [0.2, 0.25) is 0 Å². The summed E-state index contributed by atoms with van der Waals surface area (Å²) < 4.78 is 221. The topological polar surface area (TPSA) is 43.4 Å². The van der Waals surface area contributed by atoms with Gasteiger partial charge in [-0.25, -0.2) is 8.78 Å². The van der Waals surface area contributed by atoms with Crippen LogP contribution >= 0.6 is 45.9 Å². The average Bonchev–Trinajstić information content (AvgIpc) is 3.60. The Bertz CT molecular complexity index is 1810. The zero-order valence-corrected chi connectivity index (χ0v) is 27.6. The molecule has 0 fully saturated rings. The molecule has 2 unspecified atom stereocenters. The van der Waals surface area contributed by atoms with E-state index in [2.05, 4.69) is 0 Å². The lowest BCUT2D eigenvalue weighted by atomic mass is 10.1. The Hall–Kier alpha value is -2.46. The Labute approximate surface area is 287 Å². The Balaban J connectivity index is 2.00. The fraction of sp³-hybridized carbons (Fsp3) is 0.231. The second-order valence-electron chi connectivity index (χ2n) is 9.39. The minimum absolute atomic E-state index is 0.164. The van der Waals surface area contributed by atoms with E-state index in [1.807, 2.05) is 0 Å². The van der Waals surface area contributed by atoms with E-state index in [1.165, 1.54) is 0 Å². The lowest BCUT2D eigenvalue weighted by Crippen LogP contribution is -2.19. The molecule has 2 aromatic heterocycles. The number of benzene rings is 2. The molecule has 0 saturated heterocycles. The van der Waals surface area contributed by atoms with Crippen LogP contribution in [0.15, 0.2) is 46.2 Å². The number of halogens is 16. The van der Waals surface area contributed by atoms with E-state index in [9.17, 15) is 61.1 Å². The van der Waals surface area contributed by atoms with Gasteiger partial charge in [0.1, 0.15) is 21.3 Å². The highest BCUT2D eigenvalue weighted by molar-refractivity contribution is 7.85. The van der Waals surface area contributed by atoms with Gasteiger partial charge < -0.3 is 4.74 Å². The molecule has 0 N–H and O–H groups in total. The van der Waals surface area contributed by atoms with Crippen LogP contribution in [0.25, 0.3) is 20.9 Å². The van der Waals surface area contributed by atoms with Crippen molar-refractivity contribution in [2.75, 3.05) is 11.5 Å². The molecule has 49 heavy (non-hydrogen) atoms. The fourth-order valence-corrected chi connectivity index (χ4v) is 8.84. The lowest BCUT2D eigenvalue weighted by molar-refractivity contribution is -0.135. The van der Waals surface area contributed by atoms with Crippen LogP contribution in [-0.2, 0) is 34.0 Å². The Morgan fingerprint density at radius 3 is 1.18 bits per heavy atom. The van der Waals surface area contributed by atoms with Gasteiger partial charge in [0.15, 0.2) is 23.1 Å². The van der Waals surface area contributed by atoms with Gasteiger partial charge in [-0.1, -0.05) is 23.2 Å². The van der Waals surface area contributed by atoms with Crippen molar-refractivity contribution in [1.82, 2.24) is 0 Å². The maximum Gasteiger partial charge on any atom is 0.425 e. The van der Waals surface area contributed by atoms with E-state index in [0.717, 1.165) is 0 Å². The molecule has 23 heteroatoms. The van der Waals surface area contributed by atoms with E-state index >= 15 is 8.78 Å². The summed E-state index contributed by atoms with van der Waals surface area (Å²) in [6, 6.07) is 2.67. The zero-order chi connectivity index (χ0) is 37.0. The van der Waals surface area contributed by atoms with Crippen molar-refractivity contribution in [2.24, 2.45) is 0 Å². The molecule has 0 aliphatic rings. The van der Waals surface area contributed by atoms with Crippen LogP contribution in [0.5, 0.6) is 11.5 Å². The molecule has 0 bridgehead atoms. The monoisotopic (exact) mass is 834 g/mol. The van der Waals surface area contributed by atoms with Gasteiger partial charge in [0, 0.05) is 21.9 Å². The van der Waals surface area contributed by atoms with Crippen molar-refractivity contribution in [3.05, 3.63) is 67.8 Å². The SMILES string of the molecule is O=S(CC(F)(F)F)c1cc(Oc2cc(S(=O)CC(F)(F)F)c(Cl)c(-c3ccc(C(F)(F)F)s3)c2F)c(F)c(-c2ccc(C(F)(F)F)s2)c1Cl. The molecule has 0 saturated carbocycles. The molecular weight excluding hydrogens is 825 g/mol. The molecule has 4 aromatic rings. The summed E-state index contributed by atoms with van der Waals surface area (Å²) in [5, 5.41) is -2.16. The van der Waals surface area contributed by atoms with Gasteiger partial charge in [0.05, 0.1) is 52.6 Å². The van der Waals surface area contributed by atoms with Gasteiger partial charge >= 0.3 is 24.7 Å². The summed E-state index contributed by atoms with van der Waals surface area (Å²) in [6.07, 6.45) is -20.3. The number of thiophene rings is 2. The Morgan fingerprint density at radius 1 is 0.592 bits per heavy atom.